The van der Waals surface area contributed by atoms with Gasteiger partial charge in [0.1, 0.15) is 0 Å². The summed E-state index contributed by atoms with van der Waals surface area (Å²) < 4.78 is 10.4. The van der Waals surface area contributed by atoms with E-state index in [-0.39, 0.29) is 11.9 Å². The maximum absolute atomic E-state index is 11.7. The number of esters is 2. The Balaban J connectivity index is 3.25. The van der Waals surface area contributed by atoms with Gasteiger partial charge in [-0.2, -0.15) is 0 Å². The molecule has 0 aromatic carbocycles. The van der Waals surface area contributed by atoms with Gasteiger partial charge < -0.3 is 9.47 Å². The molecule has 0 amide bonds. The Morgan fingerprint density at radius 2 is 1.00 bits per heavy atom. The Morgan fingerprint density at radius 3 is 1.45 bits per heavy atom. The van der Waals surface area contributed by atoms with Crippen LogP contribution in [0.4, 0.5) is 0 Å². The fraction of sp³-hybridized carbons (Fsp3) is 0.920. The maximum atomic E-state index is 11.7. The first kappa shape index (κ1) is 27.9. The van der Waals surface area contributed by atoms with E-state index >= 15 is 0 Å². The molecular weight excluding hydrogens is 364 g/mol. The third kappa shape index (κ3) is 23.1. The highest BCUT2D eigenvalue weighted by molar-refractivity contribution is 5.70. The third-order valence-electron chi connectivity index (χ3n) is 5.10. The maximum Gasteiger partial charge on any atom is 0.305 e. The van der Waals surface area contributed by atoms with E-state index < -0.39 is 0 Å². The van der Waals surface area contributed by atoms with Gasteiger partial charge in [-0.1, -0.05) is 97.8 Å². The molecule has 0 N–H and O–H groups in total. The minimum absolute atomic E-state index is 0.139. The van der Waals surface area contributed by atoms with Gasteiger partial charge in [0, 0.05) is 12.8 Å². The van der Waals surface area contributed by atoms with E-state index in [9.17, 15) is 9.59 Å². The Labute approximate surface area is 180 Å². The lowest BCUT2D eigenvalue weighted by atomic mass is 10.0. The molecule has 0 spiro atoms. The second kappa shape index (κ2) is 21.6. The zero-order valence-electron chi connectivity index (χ0n) is 19.6. The zero-order chi connectivity index (χ0) is 21.6. The van der Waals surface area contributed by atoms with Crippen LogP contribution in [0.3, 0.4) is 0 Å². The minimum Gasteiger partial charge on any atom is -0.466 e. The lowest BCUT2D eigenvalue weighted by Crippen LogP contribution is -2.10. The molecule has 0 aliphatic heterocycles. The molecule has 0 fully saturated rings. The van der Waals surface area contributed by atoms with E-state index in [0.29, 0.717) is 44.8 Å². The van der Waals surface area contributed by atoms with Crippen LogP contribution in [0.2, 0.25) is 0 Å². The van der Waals surface area contributed by atoms with Crippen LogP contribution in [-0.4, -0.2) is 25.2 Å². The number of rotatable bonds is 21. The molecular formula is C25H48O4. The Hall–Kier alpha value is -1.06. The number of hydrogen-bond acceptors (Lipinski definition) is 4. The monoisotopic (exact) mass is 412 g/mol. The Morgan fingerprint density at radius 1 is 0.586 bits per heavy atom. The quantitative estimate of drug-likeness (QED) is 0.146. The standard InChI is InChI=1S/C25H48O4/c1-4-5-6-7-8-9-10-11-12-13-14-15-18-21-28-24(26)19-16-17-20-25(27)29-22-23(2)3/h23H,4-22H2,1-3H3. The molecule has 0 rings (SSSR count). The fourth-order valence-electron chi connectivity index (χ4n) is 3.25. The van der Waals surface area contributed by atoms with E-state index in [2.05, 4.69) is 6.92 Å². The summed E-state index contributed by atoms with van der Waals surface area (Å²) in [6.45, 7) is 7.30. The Kier molecular flexibility index (Phi) is 20.9. The fourth-order valence-corrected chi connectivity index (χ4v) is 3.25. The topological polar surface area (TPSA) is 52.6 Å². The molecule has 0 bridgehead atoms. The van der Waals surface area contributed by atoms with E-state index in [1.807, 2.05) is 13.8 Å². The van der Waals surface area contributed by atoms with Crippen LogP contribution in [0.5, 0.6) is 0 Å². The van der Waals surface area contributed by atoms with Crippen LogP contribution in [0.1, 0.15) is 130 Å². The first-order chi connectivity index (χ1) is 14.1. The molecule has 0 atom stereocenters. The summed E-state index contributed by atoms with van der Waals surface area (Å²) in [5, 5.41) is 0. The van der Waals surface area contributed by atoms with Crippen molar-refractivity contribution in [3.63, 3.8) is 0 Å². The molecule has 4 heteroatoms. The molecule has 0 saturated carbocycles. The Bertz CT molecular complexity index is 379. The van der Waals surface area contributed by atoms with Crippen molar-refractivity contribution in [3.8, 4) is 0 Å². The summed E-state index contributed by atoms with van der Waals surface area (Å²) in [6.07, 6.45) is 19.3. The van der Waals surface area contributed by atoms with E-state index in [0.717, 1.165) is 12.8 Å². The highest BCUT2D eigenvalue weighted by Gasteiger charge is 2.07. The summed E-state index contributed by atoms with van der Waals surface area (Å²) in [5.41, 5.74) is 0. The first-order valence-electron chi connectivity index (χ1n) is 12.4. The average molecular weight is 413 g/mol. The van der Waals surface area contributed by atoms with Crippen LogP contribution >= 0.6 is 0 Å². The number of carbonyl (C=O) groups excluding carboxylic acids is 2. The van der Waals surface area contributed by atoms with Gasteiger partial charge in [0.2, 0.25) is 0 Å². The SMILES string of the molecule is CCCCCCCCCCCCCCCOC(=O)CCCCC(=O)OCC(C)C. The van der Waals surface area contributed by atoms with Gasteiger partial charge >= 0.3 is 11.9 Å². The van der Waals surface area contributed by atoms with Gasteiger partial charge in [-0.3, -0.25) is 9.59 Å². The molecule has 4 nitrogen and oxygen atoms in total. The van der Waals surface area contributed by atoms with Crippen molar-refractivity contribution in [2.24, 2.45) is 5.92 Å². The number of carbonyl (C=O) groups is 2. The van der Waals surface area contributed by atoms with Crippen molar-refractivity contribution >= 4 is 11.9 Å². The lowest BCUT2D eigenvalue weighted by molar-refractivity contribution is -0.146. The first-order valence-corrected chi connectivity index (χ1v) is 12.4. The van der Waals surface area contributed by atoms with Crippen LogP contribution in [-0.2, 0) is 19.1 Å². The average Bonchev–Trinajstić information content (AvgIpc) is 2.70. The highest BCUT2D eigenvalue weighted by atomic mass is 16.5. The summed E-state index contributed by atoms with van der Waals surface area (Å²) in [4.78, 5) is 23.2. The zero-order valence-corrected chi connectivity index (χ0v) is 19.6. The predicted octanol–water partition coefficient (Wildman–Crippen LogP) is 7.38. The lowest BCUT2D eigenvalue weighted by Gasteiger charge is -2.07. The number of unbranched alkanes of at least 4 members (excludes halogenated alkanes) is 13. The van der Waals surface area contributed by atoms with Crippen molar-refractivity contribution < 1.29 is 19.1 Å². The molecule has 29 heavy (non-hydrogen) atoms. The molecule has 0 radical (unpaired) electrons. The molecule has 0 aromatic rings. The molecule has 0 aliphatic carbocycles. The second-order valence-electron chi connectivity index (χ2n) is 8.75. The minimum atomic E-state index is -0.168. The normalized spacial score (nSPS) is 11.0. The van der Waals surface area contributed by atoms with Crippen molar-refractivity contribution in [2.75, 3.05) is 13.2 Å². The molecule has 0 aromatic heterocycles. The smallest absolute Gasteiger partial charge is 0.305 e. The van der Waals surface area contributed by atoms with Crippen LogP contribution in [0.15, 0.2) is 0 Å². The highest BCUT2D eigenvalue weighted by Crippen LogP contribution is 2.12. The van der Waals surface area contributed by atoms with Crippen molar-refractivity contribution in [3.05, 3.63) is 0 Å². The summed E-state index contributed by atoms with van der Waals surface area (Å²) in [7, 11) is 0. The van der Waals surface area contributed by atoms with Gasteiger partial charge in [0.05, 0.1) is 13.2 Å². The van der Waals surface area contributed by atoms with E-state index in [4.69, 9.17) is 9.47 Å². The van der Waals surface area contributed by atoms with Crippen LogP contribution < -0.4 is 0 Å². The third-order valence-corrected chi connectivity index (χ3v) is 5.10. The summed E-state index contributed by atoms with van der Waals surface area (Å²) >= 11 is 0. The molecule has 0 heterocycles. The molecule has 0 unspecified atom stereocenters. The van der Waals surface area contributed by atoms with Crippen molar-refractivity contribution in [1.29, 1.82) is 0 Å². The number of hydrogen-bond donors (Lipinski definition) is 0. The summed E-state index contributed by atoms with van der Waals surface area (Å²) in [6, 6.07) is 0. The summed E-state index contributed by atoms with van der Waals surface area (Å²) in [5.74, 6) is 0.0533. The van der Waals surface area contributed by atoms with Gasteiger partial charge in [-0.15, -0.1) is 0 Å². The van der Waals surface area contributed by atoms with Gasteiger partial charge in [-0.25, -0.2) is 0 Å². The molecule has 0 saturated heterocycles. The second-order valence-corrected chi connectivity index (χ2v) is 8.75. The van der Waals surface area contributed by atoms with Crippen LogP contribution in [0.25, 0.3) is 0 Å². The molecule has 172 valence electrons. The van der Waals surface area contributed by atoms with Gasteiger partial charge in [-0.05, 0) is 25.2 Å². The van der Waals surface area contributed by atoms with E-state index in [1.54, 1.807) is 0 Å². The van der Waals surface area contributed by atoms with Crippen LogP contribution in [0, 0.1) is 5.92 Å². The van der Waals surface area contributed by atoms with Gasteiger partial charge in [0.15, 0.2) is 0 Å². The van der Waals surface area contributed by atoms with E-state index in [1.165, 1.54) is 70.6 Å². The van der Waals surface area contributed by atoms with Gasteiger partial charge in [0.25, 0.3) is 0 Å². The largest absolute Gasteiger partial charge is 0.466 e. The number of ether oxygens (including phenoxy) is 2. The predicted molar refractivity (Wildman–Crippen MR) is 121 cm³/mol. The van der Waals surface area contributed by atoms with Crippen molar-refractivity contribution in [1.82, 2.24) is 0 Å². The van der Waals surface area contributed by atoms with Crippen molar-refractivity contribution in [2.45, 2.75) is 130 Å². The molecule has 0 aliphatic rings.